The molecule has 1 aliphatic heterocycles. The molecule has 0 radical (unpaired) electrons. The highest BCUT2D eigenvalue weighted by Gasteiger charge is 2.40. The number of carbonyl (C=O) groups excluding carboxylic acids is 2. The molecular formula is C22H21N5O6S2. The van der Waals surface area contributed by atoms with Crippen LogP contribution in [0.2, 0.25) is 0 Å². The third kappa shape index (κ3) is 5.00. The SMILES string of the molecule is Cc1cc(NS(=O)(=O)c2ccc(NC(=O)CCN3C(=O)c4ccccc4S3(=O)=O)cc2)nc(C)n1. The summed E-state index contributed by atoms with van der Waals surface area (Å²) < 4.78 is 53.5. The van der Waals surface area contributed by atoms with Crippen LogP contribution in [-0.2, 0) is 24.8 Å². The lowest BCUT2D eigenvalue weighted by Crippen LogP contribution is -2.33. The highest BCUT2D eigenvalue weighted by atomic mass is 32.2. The number of aromatic nitrogens is 2. The van der Waals surface area contributed by atoms with Crippen LogP contribution < -0.4 is 10.0 Å². The summed E-state index contributed by atoms with van der Waals surface area (Å²) in [5.74, 6) is -0.650. The number of hydrogen-bond donors (Lipinski definition) is 2. The molecule has 0 fully saturated rings. The molecule has 0 saturated carbocycles. The average molecular weight is 516 g/mol. The largest absolute Gasteiger partial charge is 0.326 e. The van der Waals surface area contributed by atoms with Crippen molar-refractivity contribution < 1.29 is 26.4 Å². The number of benzene rings is 2. The van der Waals surface area contributed by atoms with Crippen LogP contribution in [-0.4, -0.2) is 49.5 Å². The van der Waals surface area contributed by atoms with Gasteiger partial charge in [-0.25, -0.2) is 31.1 Å². The molecule has 2 aromatic carbocycles. The lowest BCUT2D eigenvalue weighted by Gasteiger charge is -2.15. The zero-order valence-electron chi connectivity index (χ0n) is 18.7. The molecule has 182 valence electrons. The number of sulfonamides is 2. The molecule has 35 heavy (non-hydrogen) atoms. The van der Waals surface area contributed by atoms with Gasteiger partial charge in [0.15, 0.2) is 0 Å². The van der Waals surface area contributed by atoms with Gasteiger partial charge in [-0.1, -0.05) is 12.1 Å². The first kappa shape index (κ1) is 24.3. The van der Waals surface area contributed by atoms with Gasteiger partial charge in [0.05, 0.1) is 10.5 Å². The molecule has 13 heteroatoms. The summed E-state index contributed by atoms with van der Waals surface area (Å²) in [6.07, 6.45) is -0.271. The lowest BCUT2D eigenvalue weighted by molar-refractivity contribution is -0.116. The normalized spacial score (nSPS) is 14.5. The maximum atomic E-state index is 12.6. The molecule has 4 rings (SSSR count). The lowest BCUT2D eigenvalue weighted by atomic mass is 10.2. The number of anilines is 2. The van der Waals surface area contributed by atoms with Crippen molar-refractivity contribution >= 4 is 43.4 Å². The van der Waals surface area contributed by atoms with Crippen molar-refractivity contribution in [3.05, 3.63) is 71.7 Å². The zero-order chi connectivity index (χ0) is 25.4. The van der Waals surface area contributed by atoms with E-state index < -0.39 is 31.9 Å². The monoisotopic (exact) mass is 515 g/mol. The minimum absolute atomic E-state index is 0.0454. The Morgan fingerprint density at radius 1 is 1.03 bits per heavy atom. The van der Waals surface area contributed by atoms with Crippen LogP contribution in [0.25, 0.3) is 0 Å². The minimum atomic E-state index is -4.00. The standard InChI is InChI=1S/C22H21N5O6S2/c1-14-13-20(24-15(2)23-14)26-34(30,31)17-9-7-16(8-10-17)25-21(28)11-12-27-22(29)18-5-3-4-6-19(18)35(27,32)33/h3-10,13H,11-12H2,1-2H3,(H,25,28)(H,23,24,26). The number of rotatable bonds is 7. The molecule has 0 spiro atoms. The Labute approximate surface area is 202 Å². The van der Waals surface area contributed by atoms with Crippen LogP contribution >= 0.6 is 0 Å². The van der Waals surface area contributed by atoms with E-state index in [4.69, 9.17) is 0 Å². The zero-order valence-corrected chi connectivity index (χ0v) is 20.4. The van der Waals surface area contributed by atoms with Gasteiger partial charge in [-0.3, -0.25) is 14.3 Å². The third-order valence-electron chi connectivity index (χ3n) is 5.11. The summed E-state index contributed by atoms with van der Waals surface area (Å²) >= 11 is 0. The van der Waals surface area contributed by atoms with Gasteiger partial charge in [0, 0.05) is 30.4 Å². The summed E-state index contributed by atoms with van der Waals surface area (Å²) in [5.41, 5.74) is 0.993. The van der Waals surface area contributed by atoms with Crippen LogP contribution in [0.4, 0.5) is 11.5 Å². The molecule has 2 N–H and O–H groups in total. The van der Waals surface area contributed by atoms with Crippen molar-refractivity contribution in [2.45, 2.75) is 30.1 Å². The molecule has 0 unspecified atom stereocenters. The van der Waals surface area contributed by atoms with E-state index in [1.165, 1.54) is 48.5 Å². The van der Waals surface area contributed by atoms with Crippen molar-refractivity contribution in [1.29, 1.82) is 0 Å². The first-order valence-corrected chi connectivity index (χ1v) is 13.3. The van der Waals surface area contributed by atoms with E-state index in [9.17, 15) is 26.4 Å². The van der Waals surface area contributed by atoms with Crippen molar-refractivity contribution in [3.63, 3.8) is 0 Å². The molecule has 1 aliphatic rings. The van der Waals surface area contributed by atoms with E-state index >= 15 is 0 Å². The molecule has 1 aromatic heterocycles. The van der Waals surface area contributed by atoms with Gasteiger partial charge in [0.1, 0.15) is 16.5 Å². The Balaban J connectivity index is 1.38. The van der Waals surface area contributed by atoms with Gasteiger partial charge in [0.25, 0.3) is 26.0 Å². The number of nitrogens with one attached hydrogen (secondary N) is 2. The molecule has 2 amide bonds. The summed E-state index contributed by atoms with van der Waals surface area (Å²) in [7, 11) is -7.92. The molecular weight excluding hydrogens is 494 g/mol. The molecule has 2 heterocycles. The van der Waals surface area contributed by atoms with Gasteiger partial charge in [-0.05, 0) is 50.2 Å². The van der Waals surface area contributed by atoms with Crippen LogP contribution in [0.15, 0.2) is 64.4 Å². The number of amides is 2. The topological polar surface area (TPSA) is 156 Å². The first-order chi connectivity index (χ1) is 16.5. The maximum Gasteiger partial charge on any atom is 0.269 e. The van der Waals surface area contributed by atoms with Gasteiger partial charge >= 0.3 is 0 Å². The third-order valence-corrected chi connectivity index (χ3v) is 8.32. The summed E-state index contributed by atoms with van der Waals surface area (Å²) in [6.45, 7) is 3.05. The van der Waals surface area contributed by atoms with Crippen LogP contribution in [0.5, 0.6) is 0 Å². The van der Waals surface area contributed by atoms with Crippen molar-refractivity contribution in [3.8, 4) is 0 Å². The molecule has 0 bridgehead atoms. The highest BCUT2D eigenvalue weighted by molar-refractivity contribution is 7.92. The maximum absolute atomic E-state index is 12.6. The summed E-state index contributed by atoms with van der Waals surface area (Å²) in [5, 5.41) is 2.56. The Morgan fingerprint density at radius 3 is 2.37 bits per heavy atom. The van der Waals surface area contributed by atoms with Crippen LogP contribution in [0.3, 0.4) is 0 Å². The second-order valence-corrected chi connectivity index (χ2v) is 11.3. The molecule has 0 saturated heterocycles. The predicted octanol–water partition coefficient (Wildman–Crippen LogP) is 2.07. The van der Waals surface area contributed by atoms with E-state index in [-0.39, 0.29) is 34.1 Å². The second kappa shape index (κ2) is 9.07. The molecule has 3 aromatic rings. The smallest absolute Gasteiger partial charge is 0.269 e. The predicted molar refractivity (Wildman–Crippen MR) is 127 cm³/mol. The fourth-order valence-electron chi connectivity index (χ4n) is 3.56. The fourth-order valence-corrected chi connectivity index (χ4v) is 6.12. The molecule has 0 aliphatic carbocycles. The van der Waals surface area contributed by atoms with Crippen LogP contribution in [0, 0.1) is 13.8 Å². The van der Waals surface area contributed by atoms with Crippen molar-refractivity contribution in [1.82, 2.24) is 14.3 Å². The van der Waals surface area contributed by atoms with Crippen molar-refractivity contribution in [2.75, 3.05) is 16.6 Å². The van der Waals surface area contributed by atoms with Gasteiger partial charge < -0.3 is 5.32 Å². The van der Waals surface area contributed by atoms with E-state index in [0.29, 0.717) is 21.5 Å². The Hall–Kier alpha value is -3.84. The Bertz CT molecular complexity index is 1520. The first-order valence-electron chi connectivity index (χ1n) is 10.4. The van der Waals surface area contributed by atoms with Gasteiger partial charge in [-0.2, -0.15) is 0 Å². The Morgan fingerprint density at radius 2 is 1.71 bits per heavy atom. The quantitative estimate of drug-likeness (QED) is 0.484. The minimum Gasteiger partial charge on any atom is -0.326 e. The van der Waals surface area contributed by atoms with E-state index in [2.05, 4.69) is 20.0 Å². The van der Waals surface area contributed by atoms with E-state index in [1.54, 1.807) is 19.9 Å². The number of hydrogen-bond acceptors (Lipinski definition) is 8. The second-order valence-electron chi connectivity index (χ2n) is 7.75. The molecule has 0 atom stereocenters. The van der Waals surface area contributed by atoms with Gasteiger partial charge in [0.2, 0.25) is 5.91 Å². The summed E-state index contributed by atoms with van der Waals surface area (Å²) in [6, 6.07) is 12.8. The number of aryl methyl sites for hydroxylation is 2. The van der Waals surface area contributed by atoms with Crippen LogP contribution in [0.1, 0.15) is 28.3 Å². The average Bonchev–Trinajstić information content (AvgIpc) is 2.97. The number of carbonyl (C=O) groups is 2. The Kier molecular flexibility index (Phi) is 6.30. The molecule has 11 nitrogen and oxygen atoms in total. The van der Waals surface area contributed by atoms with Crippen molar-refractivity contribution in [2.24, 2.45) is 0 Å². The number of fused-ring (bicyclic) bond motifs is 1. The highest BCUT2D eigenvalue weighted by Crippen LogP contribution is 2.30. The summed E-state index contributed by atoms with van der Waals surface area (Å²) in [4.78, 5) is 32.8. The van der Waals surface area contributed by atoms with Gasteiger partial charge in [-0.15, -0.1) is 0 Å². The van der Waals surface area contributed by atoms with E-state index in [0.717, 1.165) is 0 Å². The van der Waals surface area contributed by atoms with E-state index in [1.807, 2.05) is 0 Å². The number of nitrogens with zero attached hydrogens (tertiary/aromatic N) is 3. The fraction of sp³-hybridized carbons (Fsp3) is 0.182.